The average Bonchev–Trinajstić information content (AvgIpc) is 3.17. The minimum Gasteiger partial charge on any atom is -0.319 e. The first-order valence-corrected chi connectivity index (χ1v) is 7.63. The van der Waals surface area contributed by atoms with Crippen molar-refractivity contribution in [2.45, 2.75) is 20.0 Å². The molecule has 2 aromatic heterocycles. The zero-order chi connectivity index (χ0) is 16.2. The number of benzene rings is 1. The van der Waals surface area contributed by atoms with Gasteiger partial charge in [0.25, 0.3) is 5.91 Å². The second-order valence-corrected chi connectivity index (χ2v) is 5.47. The minimum absolute atomic E-state index is 0.256. The van der Waals surface area contributed by atoms with Crippen molar-refractivity contribution in [2.24, 2.45) is 0 Å². The van der Waals surface area contributed by atoms with Gasteiger partial charge in [-0.3, -0.25) is 14.2 Å². The van der Waals surface area contributed by atoms with Crippen LogP contribution in [0.3, 0.4) is 0 Å². The number of nitrogens with zero attached hydrogens (tertiary/aromatic N) is 4. The van der Waals surface area contributed by atoms with E-state index < -0.39 is 0 Å². The zero-order valence-electron chi connectivity index (χ0n) is 12.6. The highest BCUT2D eigenvalue weighted by molar-refractivity contribution is 6.34. The molecule has 0 radical (unpaired) electrons. The molecule has 0 aliphatic carbocycles. The van der Waals surface area contributed by atoms with E-state index in [0.29, 0.717) is 22.8 Å². The number of halogens is 1. The van der Waals surface area contributed by atoms with Crippen LogP contribution in [0.4, 0.5) is 5.69 Å². The van der Waals surface area contributed by atoms with Gasteiger partial charge in [0.05, 0.1) is 35.2 Å². The maximum Gasteiger partial charge on any atom is 0.257 e. The molecule has 0 fully saturated rings. The number of carbonyl (C=O) groups is 1. The molecular weight excluding hydrogens is 314 g/mol. The number of amides is 1. The van der Waals surface area contributed by atoms with Crippen LogP contribution in [0.25, 0.3) is 0 Å². The van der Waals surface area contributed by atoms with Crippen LogP contribution in [0.2, 0.25) is 5.02 Å². The topological polar surface area (TPSA) is 64.7 Å². The van der Waals surface area contributed by atoms with Crippen molar-refractivity contribution in [3.63, 3.8) is 0 Å². The fraction of sp³-hybridized carbons (Fsp3) is 0.188. The molecule has 0 aliphatic rings. The molecule has 1 aromatic carbocycles. The van der Waals surface area contributed by atoms with Gasteiger partial charge in [-0.05, 0) is 19.1 Å². The Bertz CT molecular complexity index is 823. The smallest absolute Gasteiger partial charge is 0.257 e. The van der Waals surface area contributed by atoms with Gasteiger partial charge < -0.3 is 5.32 Å². The molecule has 0 saturated heterocycles. The predicted octanol–water partition coefficient (Wildman–Crippen LogP) is 3.05. The summed E-state index contributed by atoms with van der Waals surface area (Å²) in [6, 6.07) is 6.93. The first-order valence-electron chi connectivity index (χ1n) is 7.25. The van der Waals surface area contributed by atoms with Crippen molar-refractivity contribution < 1.29 is 4.79 Å². The maximum atomic E-state index is 12.2. The van der Waals surface area contributed by atoms with Crippen molar-refractivity contribution in [2.75, 3.05) is 5.32 Å². The van der Waals surface area contributed by atoms with Crippen molar-refractivity contribution in [1.82, 2.24) is 19.6 Å². The molecule has 0 spiro atoms. The summed E-state index contributed by atoms with van der Waals surface area (Å²) in [6.07, 6.45) is 7.17. The normalized spacial score (nSPS) is 10.7. The molecule has 7 heteroatoms. The van der Waals surface area contributed by atoms with E-state index in [1.165, 1.54) is 0 Å². The highest BCUT2D eigenvalue weighted by Crippen LogP contribution is 2.17. The molecule has 1 N–H and O–H groups in total. The molecule has 0 atom stereocenters. The number of nitrogens with one attached hydrogen (secondary N) is 1. The lowest BCUT2D eigenvalue weighted by molar-refractivity contribution is 0.102. The van der Waals surface area contributed by atoms with Crippen LogP contribution in [0, 0.1) is 0 Å². The van der Waals surface area contributed by atoms with E-state index in [2.05, 4.69) is 15.5 Å². The number of aryl methyl sites for hydroxylation is 1. The van der Waals surface area contributed by atoms with Gasteiger partial charge in [0.2, 0.25) is 0 Å². The Morgan fingerprint density at radius 1 is 1.17 bits per heavy atom. The number of anilines is 1. The molecule has 118 valence electrons. The van der Waals surface area contributed by atoms with Gasteiger partial charge in [-0.2, -0.15) is 10.2 Å². The number of rotatable bonds is 5. The Hall–Kier alpha value is -2.60. The van der Waals surface area contributed by atoms with Crippen LogP contribution in [0.15, 0.2) is 49.1 Å². The average molecular weight is 330 g/mol. The Morgan fingerprint density at radius 2 is 1.96 bits per heavy atom. The Labute approximate surface area is 138 Å². The van der Waals surface area contributed by atoms with Gasteiger partial charge in [0.15, 0.2) is 0 Å². The van der Waals surface area contributed by atoms with E-state index in [9.17, 15) is 4.79 Å². The minimum atomic E-state index is -0.256. The summed E-state index contributed by atoms with van der Waals surface area (Å²) < 4.78 is 3.61. The van der Waals surface area contributed by atoms with Crippen molar-refractivity contribution in [3.8, 4) is 0 Å². The van der Waals surface area contributed by atoms with Gasteiger partial charge in [0.1, 0.15) is 0 Å². The monoisotopic (exact) mass is 329 g/mol. The molecule has 3 aromatic rings. The second kappa shape index (κ2) is 6.66. The van der Waals surface area contributed by atoms with Crippen LogP contribution in [-0.2, 0) is 13.1 Å². The second-order valence-electron chi connectivity index (χ2n) is 5.06. The summed E-state index contributed by atoms with van der Waals surface area (Å²) in [5.41, 5.74) is 2.11. The van der Waals surface area contributed by atoms with Gasteiger partial charge >= 0.3 is 0 Å². The SMILES string of the molecule is CCn1cc(Cn2cc(NC(=O)c3ccccc3Cl)cn2)cn1. The van der Waals surface area contributed by atoms with Crippen LogP contribution in [0.5, 0.6) is 0 Å². The molecule has 6 nitrogen and oxygen atoms in total. The van der Waals surface area contributed by atoms with Crippen molar-refractivity contribution >= 4 is 23.2 Å². The number of carbonyl (C=O) groups excluding carboxylic acids is 1. The van der Waals surface area contributed by atoms with E-state index >= 15 is 0 Å². The largest absolute Gasteiger partial charge is 0.319 e. The van der Waals surface area contributed by atoms with Crippen molar-refractivity contribution in [1.29, 1.82) is 0 Å². The van der Waals surface area contributed by atoms with Gasteiger partial charge in [-0.15, -0.1) is 0 Å². The third-order valence-electron chi connectivity index (χ3n) is 3.36. The third-order valence-corrected chi connectivity index (χ3v) is 3.69. The van der Waals surface area contributed by atoms with Crippen LogP contribution in [0.1, 0.15) is 22.8 Å². The summed E-state index contributed by atoms with van der Waals surface area (Å²) in [6.45, 7) is 3.47. The molecule has 0 bridgehead atoms. The third kappa shape index (κ3) is 3.60. The van der Waals surface area contributed by atoms with Gasteiger partial charge in [-0.1, -0.05) is 23.7 Å². The Morgan fingerprint density at radius 3 is 2.70 bits per heavy atom. The van der Waals surface area contributed by atoms with Crippen molar-refractivity contribution in [3.05, 3.63) is 65.2 Å². The summed E-state index contributed by atoms with van der Waals surface area (Å²) in [5.74, 6) is -0.256. The molecule has 3 rings (SSSR count). The highest BCUT2D eigenvalue weighted by atomic mass is 35.5. The lowest BCUT2D eigenvalue weighted by Gasteiger charge is -2.04. The number of hydrogen-bond donors (Lipinski definition) is 1. The number of hydrogen-bond acceptors (Lipinski definition) is 3. The van der Waals surface area contributed by atoms with Gasteiger partial charge in [0, 0.05) is 24.5 Å². The highest BCUT2D eigenvalue weighted by Gasteiger charge is 2.11. The predicted molar refractivity (Wildman–Crippen MR) is 88.6 cm³/mol. The quantitative estimate of drug-likeness (QED) is 0.782. The fourth-order valence-electron chi connectivity index (χ4n) is 2.21. The molecule has 1 amide bonds. The first kappa shape index (κ1) is 15.3. The fourth-order valence-corrected chi connectivity index (χ4v) is 2.43. The zero-order valence-corrected chi connectivity index (χ0v) is 13.4. The molecule has 23 heavy (non-hydrogen) atoms. The van der Waals surface area contributed by atoms with E-state index in [1.54, 1.807) is 41.3 Å². The van der Waals surface area contributed by atoms with Crippen LogP contribution in [-0.4, -0.2) is 25.5 Å². The molecular formula is C16H16ClN5O. The van der Waals surface area contributed by atoms with E-state index in [4.69, 9.17) is 11.6 Å². The van der Waals surface area contributed by atoms with Crippen LogP contribution >= 0.6 is 11.6 Å². The number of aromatic nitrogens is 4. The maximum absolute atomic E-state index is 12.2. The summed E-state index contributed by atoms with van der Waals surface area (Å²) in [5, 5.41) is 11.7. The van der Waals surface area contributed by atoms with E-state index in [0.717, 1.165) is 12.1 Å². The molecule has 2 heterocycles. The standard InChI is InChI=1S/C16H16ClN5O/c1-2-21-9-12(7-18-21)10-22-11-13(8-19-22)20-16(23)14-5-3-4-6-15(14)17/h3-9,11H,2,10H2,1H3,(H,20,23). The van der Waals surface area contributed by atoms with Gasteiger partial charge in [-0.25, -0.2) is 0 Å². The Balaban J connectivity index is 1.67. The summed E-state index contributed by atoms with van der Waals surface area (Å²) >= 11 is 6.02. The molecule has 0 aliphatic heterocycles. The first-order chi connectivity index (χ1) is 11.2. The Kier molecular flexibility index (Phi) is 4.43. The van der Waals surface area contributed by atoms with E-state index in [1.807, 2.05) is 24.0 Å². The molecule has 0 unspecified atom stereocenters. The summed E-state index contributed by atoms with van der Waals surface area (Å²) in [7, 11) is 0. The lowest BCUT2D eigenvalue weighted by atomic mass is 10.2. The lowest BCUT2D eigenvalue weighted by Crippen LogP contribution is -2.11. The summed E-state index contributed by atoms with van der Waals surface area (Å²) in [4.78, 5) is 12.2. The van der Waals surface area contributed by atoms with E-state index in [-0.39, 0.29) is 5.91 Å². The molecule has 0 saturated carbocycles. The van der Waals surface area contributed by atoms with Crippen LogP contribution < -0.4 is 5.32 Å².